The minimum absolute atomic E-state index is 0.0181. The van der Waals surface area contributed by atoms with Gasteiger partial charge < -0.3 is 20.8 Å². The normalized spacial score (nSPS) is 12.9. The van der Waals surface area contributed by atoms with E-state index in [0.29, 0.717) is 13.2 Å². The van der Waals surface area contributed by atoms with Gasteiger partial charge in [0.2, 0.25) is 0 Å². The van der Waals surface area contributed by atoms with Gasteiger partial charge in [-0.2, -0.15) is 0 Å². The maximum atomic E-state index is 10.8. The molecule has 0 aromatic carbocycles. The highest BCUT2D eigenvalue weighted by Gasteiger charge is 2.02. The topological polar surface area (TPSA) is 80.1 Å². The highest BCUT2D eigenvalue weighted by molar-refractivity contribution is 7.07. The van der Waals surface area contributed by atoms with Gasteiger partial charge in [0.25, 0.3) is 0 Å². The third kappa shape index (κ3) is 5.08. The molecule has 1 unspecified atom stereocenters. The fourth-order valence-electron chi connectivity index (χ4n) is 1.16. The van der Waals surface area contributed by atoms with Crippen LogP contribution in [0.1, 0.15) is 12.1 Å². The number of nitrogens with one attached hydrogen (secondary N) is 2. The first-order valence-electron chi connectivity index (χ1n) is 4.84. The Hall–Kier alpha value is -0.690. The molecule has 0 saturated carbocycles. The highest BCUT2D eigenvalue weighted by atomic mass is 32.1. The van der Waals surface area contributed by atoms with E-state index in [0.717, 1.165) is 18.7 Å². The van der Waals surface area contributed by atoms with Crippen LogP contribution in [-0.4, -0.2) is 31.3 Å². The zero-order valence-electron chi connectivity index (χ0n) is 8.79. The van der Waals surface area contributed by atoms with Crippen molar-refractivity contribution in [2.45, 2.75) is 19.0 Å². The van der Waals surface area contributed by atoms with Gasteiger partial charge in [0.1, 0.15) is 0 Å². The summed E-state index contributed by atoms with van der Waals surface area (Å²) >= 11 is 1.17. The lowest BCUT2D eigenvalue weighted by atomic mass is 10.2. The molecule has 0 saturated heterocycles. The molecule has 0 radical (unpaired) electrons. The van der Waals surface area contributed by atoms with Crippen LogP contribution in [0, 0.1) is 0 Å². The molecule has 15 heavy (non-hydrogen) atoms. The number of hydrogen-bond acceptors (Lipinski definition) is 5. The predicted molar refractivity (Wildman–Crippen MR) is 61.1 cm³/mol. The van der Waals surface area contributed by atoms with Crippen LogP contribution in [0.15, 0.2) is 10.2 Å². The summed E-state index contributed by atoms with van der Waals surface area (Å²) < 4.78 is 4.93. The molecule has 0 amide bonds. The molecule has 0 fully saturated rings. The molecule has 5 nitrogen and oxygen atoms in total. The van der Waals surface area contributed by atoms with Crippen molar-refractivity contribution < 1.29 is 4.74 Å². The van der Waals surface area contributed by atoms with Gasteiger partial charge in [-0.05, 0) is 6.42 Å². The number of aromatic nitrogens is 1. The SMILES string of the molecule is COCCC(N)CNCc1csc(=O)[nH]1. The average molecular weight is 231 g/mol. The second-order valence-electron chi connectivity index (χ2n) is 3.35. The molecule has 0 aliphatic heterocycles. The molecule has 1 atom stereocenters. The Labute approximate surface area is 92.6 Å². The standard InChI is InChI=1S/C9H17N3O2S/c1-14-3-2-7(10)4-11-5-8-6-15-9(13)12-8/h6-7,11H,2-5,10H2,1H3,(H,12,13). The Balaban J connectivity index is 2.13. The summed E-state index contributed by atoms with van der Waals surface area (Å²) in [5, 5.41) is 5.00. The van der Waals surface area contributed by atoms with Crippen molar-refractivity contribution in [3.63, 3.8) is 0 Å². The zero-order valence-corrected chi connectivity index (χ0v) is 9.60. The van der Waals surface area contributed by atoms with Crippen LogP contribution in [0.2, 0.25) is 0 Å². The summed E-state index contributed by atoms with van der Waals surface area (Å²) in [5.41, 5.74) is 6.72. The van der Waals surface area contributed by atoms with Gasteiger partial charge in [-0.15, -0.1) is 0 Å². The molecular weight excluding hydrogens is 214 g/mol. The first-order chi connectivity index (χ1) is 7.22. The summed E-state index contributed by atoms with van der Waals surface area (Å²) in [4.78, 5) is 13.5. The molecule has 1 heterocycles. The third-order valence-corrected chi connectivity index (χ3v) is 2.70. The maximum Gasteiger partial charge on any atom is 0.304 e. The van der Waals surface area contributed by atoms with Crippen LogP contribution in [0.5, 0.6) is 0 Å². The smallest absolute Gasteiger partial charge is 0.304 e. The van der Waals surface area contributed by atoms with E-state index in [-0.39, 0.29) is 10.9 Å². The quantitative estimate of drug-likeness (QED) is 0.611. The van der Waals surface area contributed by atoms with Gasteiger partial charge in [-0.25, -0.2) is 0 Å². The van der Waals surface area contributed by atoms with Gasteiger partial charge in [0.15, 0.2) is 0 Å². The summed E-state index contributed by atoms with van der Waals surface area (Å²) in [6.45, 7) is 2.05. The molecule has 86 valence electrons. The molecule has 1 rings (SSSR count). The van der Waals surface area contributed by atoms with Crippen LogP contribution >= 0.6 is 11.3 Å². The van der Waals surface area contributed by atoms with Gasteiger partial charge >= 0.3 is 4.87 Å². The van der Waals surface area contributed by atoms with Crippen molar-refractivity contribution in [3.8, 4) is 0 Å². The van der Waals surface area contributed by atoms with Gasteiger partial charge in [-0.1, -0.05) is 11.3 Å². The largest absolute Gasteiger partial charge is 0.385 e. The van der Waals surface area contributed by atoms with Crippen molar-refractivity contribution in [2.24, 2.45) is 5.73 Å². The summed E-state index contributed by atoms with van der Waals surface area (Å²) in [5.74, 6) is 0. The number of ether oxygens (including phenoxy) is 1. The van der Waals surface area contributed by atoms with E-state index in [9.17, 15) is 4.79 Å². The number of H-pyrrole nitrogens is 1. The minimum atomic E-state index is -0.0181. The van der Waals surface area contributed by atoms with Crippen molar-refractivity contribution in [2.75, 3.05) is 20.3 Å². The molecule has 0 aliphatic rings. The first-order valence-corrected chi connectivity index (χ1v) is 5.72. The van der Waals surface area contributed by atoms with Crippen LogP contribution in [0.25, 0.3) is 0 Å². The summed E-state index contributed by atoms with van der Waals surface area (Å²) in [6.07, 6.45) is 0.837. The van der Waals surface area contributed by atoms with E-state index in [1.54, 1.807) is 7.11 Å². The van der Waals surface area contributed by atoms with Crippen molar-refractivity contribution in [3.05, 3.63) is 20.7 Å². The van der Waals surface area contributed by atoms with E-state index in [2.05, 4.69) is 10.3 Å². The predicted octanol–water partition coefficient (Wildman–Crippen LogP) is -0.110. The van der Waals surface area contributed by atoms with Crippen LogP contribution in [0.3, 0.4) is 0 Å². The van der Waals surface area contributed by atoms with E-state index in [1.807, 2.05) is 5.38 Å². The van der Waals surface area contributed by atoms with Crippen molar-refractivity contribution in [1.29, 1.82) is 0 Å². The molecule has 0 bridgehead atoms. The third-order valence-electron chi connectivity index (χ3n) is 1.99. The maximum absolute atomic E-state index is 10.8. The zero-order chi connectivity index (χ0) is 11.1. The lowest BCUT2D eigenvalue weighted by Gasteiger charge is -2.11. The van der Waals surface area contributed by atoms with E-state index < -0.39 is 0 Å². The number of methoxy groups -OCH3 is 1. The number of rotatable bonds is 7. The minimum Gasteiger partial charge on any atom is -0.385 e. The highest BCUT2D eigenvalue weighted by Crippen LogP contribution is 1.94. The second-order valence-corrected chi connectivity index (χ2v) is 4.19. The Morgan fingerprint density at radius 3 is 3.13 bits per heavy atom. The fourth-order valence-corrected chi connectivity index (χ4v) is 1.75. The summed E-state index contributed by atoms with van der Waals surface area (Å²) in [6, 6.07) is 0.0929. The number of nitrogens with two attached hydrogens (primary N) is 1. The molecule has 0 aliphatic carbocycles. The van der Waals surface area contributed by atoms with Gasteiger partial charge in [0.05, 0.1) is 0 Å². The van der Waals surface area contributed by atoms with Crippen LogP contribution in [-0.2, 0) is 11.3 Å². The Bertz CT molecular complexity index is 323. The molecule has 0 spiro atoms. The van der Waals surface area contributed by atoms with E-state index in [1.165, 1.54) is 11.3 Å². The number of aromatic amines is 1. The second kappa shape index (κ2) is 6.73. The van der Waals surface area contributed by atoms with Gasteiger partial charge in [-0.3, -0.25) is 4.79 Å². The lowest BCUT2D eigenvalue weighted by molar-refractivity contribution is 0.187. The molecular formula is C9H17N3O2S. The Kier molecular flexibility index (Phi) is 5.56. The molecule has 1 aromatic rings. The fraction of sp³-hybridized carbons (Fsp3) is 0.667. The number of thiazole rings is 1. The lowest BCUT2D eigenvalue weighted by Crippen LogP contribution is -2.34. The van der Waals surface area contributed by atoms with Crippen molar-refractivity contribution in [1.82, 2.24) is 10.3 Å². The monoisotopic (exact) mass is 231 g/mol. The Morgan fingerprint density at radius 1 is 1.73 bits per heavy atom. The Morgan fingerprint density at radius 2 is 2.53 bits per heavy atom. The van der Waals surface area contributed by atoms with Crippen molar-refractivity contribution >= 4 is 11.3 Å². The molecule has 1 aromatic heterocycles. The average Bonchev–Trinajstić information content (AvgIpc) is 2.61. The number of hydrogen-bond donors (Lipinski definition) is 3. The van der Waals surface area contributed by atoms with Crippen LogP contribution in [0.4, 0.5) is 0 Å². The van der Waals surface area contributed by atoms with Crippen LogP contribution < -0.4 is 15.9 Å². The molecule has 4 N–H and O–H groups in total. The van der Waals surface area contributed by atoms with Gasteiger partial charge in [0, 0.05) is 43.9 Å². The summed E-state index contributed by atoms with van der Waals surface area (Å²) in [7, 11) is 1.66. The first kappa shape index (κ1) is 12.4. The molecule has 6 heteroatoms. The van der Waals surface area contributed by atoms with E-state index in [4.69, 9.17) is 10.5 Å². The van der Waals surface area contributed by atoms with E-state index >= 15 is 0 Å².